The SMILES string of the molecule is COC(=O)[C@@H]1C[C@@H](O)C[NH+]1Cn1nc(Nc2cccc(C)c2C)sc1=S. The highest BCUT2D eigenvalue weighted by Crippen LogP contribution is 2.24. The Balaban J connectivity index is 1.77. The molecule has 1 saturated heterocycles. The molecule has 0 radical (unpaired) electrons. The Morgan fingerprint density at radius 2 is 2.31 bits per heavy atom. The van der Waals surface area contributed by atoms with Gasteiger partial charge < -0.3 is 20.1 Å². The average molecular weight is 396 g/mol. The van der Waals surface area contributed by atoms with Gasteiger partial charge in [0.25, 0.3) is 0 Å². The topological polar surface area (TPSA) is 80.8 Å². The van der Waals surface area contributed by atoms with Gasteiger partial charge in [-0.15, -0.1) is 5.10 Å². The maximum absolute atomic E-state index is 11.9. The summed E-state index contributed by atoms with van der Waals surface area (Å²) in [7, 11) is 1.37. The molecule has 1 aromatic carbocycles. The Kier molecular flexibility index (Phi) is 5.71. The standard InChI is InChI=1S/C17H22N4O3S2/c1-10-5-4-6-13(11(10)2)18-16-19-21(17(25)26-16)9-20-8-12(22)7-14(20)15(23)24-3/h4-6,12,14,22H,7-9H2,1-3H3,(H,18,19)/p+1/t12-,14+/m1/s1. The van der Waals surface area contributed by atoms with E-state index in [-0.39, 0.29) is 5.97 Å². The van der Waals surface area contributed by atoms with E-state index in [0.29, 0.717) is 28.7 Å². The predicted molar refractivity (Wildman–Crippen MR) is 102 cm³/mol. The van der Waals surface area contributed by atoms with E-state index in [1.807, 2.05) is 12.1 Å². The van der Waals surface area contributed by atoms with Gasteiger partial charge in [0.15, 0.2) is 16.7 Å². The van der Waals surface area contributed by atoms with E-state index in [9.17, 15) is 9.90 Å². The van der Waals surface area contributed by atoms with Crippen LogP contribution in [0.1, 0.15) is 17.5 Å². The largest absolute Gasteiger partial charge is 0.465 e. The summed E-state index contributed by atoms with van der Waals surface area (Å²) in [6.45, 7) is 5.01. The zero-order chi connectivity index (χ0) is 18.8. The molecule has 1 aromatic heterocycles. The fourth-order valence-corrected chi connectivity index (χ4v) is 4.22. The molecule has 26 heavy (non-hydrogen) atoms. The number of nitrogens with one attached hydrogen (secondary N) is 2. The Bertz CT molecular complexity index is 864. The maximum Gasteiger partial charge on any atom is 0.364 e. The van der Waals surface area contributed by atoms with Gasteiger partial charge in [0.05, 0.1) is 7.11 Å². The van der Waals surface area contributed by atoms with Crippen LogP contribution >= 0.6 is 23.6 Å². The van der Waals surface area contributed by atoms with Crippen LogP contribution in [-0.2, 0) is 16.2 Å². The van der Waals surface area contributed by atoms with Crippen molar-refractivity contribution in [1.82, 2.24) is 9.78 Å². The fourth-order valence-electron chi connectivity index (χ4n) is 3.20. The summed E-state index contributed by atoms with van der Waals surface area (Å²) >= 11 is 6.82. The van der Waals surface area contributed by atoms with E-state index in [4.69, 9.17) is 17.0 Å². The monoisotopic (exact) mass is 395 g/mol. The first-order valence-electron chi connectivity index (χ1n) is 8.40. The molecule has 2 heterocycles. The third-order valence-electron chi connectivity index (χ3n) is 4.79. The number of esters is 1. The number of nitrogens with zero attached hydrogens (tertiary/aromatic N) is 2. The molecule has 140 valence electrons. The highest BCUT2D eigenvalue weighted by atomic mass is 32.1. The number of hydrogen-bond acceptors (Lipinski definition) is 7. The summed E-state index contributed by atoms with van der Waals surface area (Å²) in [5, 5.41) is 18.5. The summed E-state index contributed by atoms with van der Waals surface area (Å²) in [4.78, 5) is 12.8. The van der Waals surface area contributed by atoms with Gasteiger partial charge in [-0.2, -0.15) is 4.68 Å². The van der Waals surface area contributed by atoms with Gasteiger partial charge >= 0.3 is 5.97 Å². The van der Waals surface area contributed by atoms with E-state index >= 15 is 0 Å². The quantitative estimate of drug-likeness (QED) is 0.521. The lowest BCUT2D eigenvalue weighted by molar-refractivity contribution is -0.928. The molecule has 7 nitrogen and oxygen atoms in total. The molecule has 0 spiro atoms. The predicted octanol–water partition coefficient (Wildman–Crippen LogP) is 1.18. The molecule has 1 aliphatic rings. The fraction of sp³-hybridized carbons (Fsp3) is 0.471. The third-order valence-corrected chi connectivity index (χ3v) is 6.01. The van der Waals surface area contributed by atoms with Crippen LogP contribution in [0.2, 0.25) is 0 Å². The van der Waals surface area contributed by atoms with Gasteiger partial charge in [0, 0.05) is 12.1 Å². The Labute approximate surface area is 161 Å². The summed E-state index contributed by atoms with van der Waals surface area (Å²) < 4.78 is 7.18. The first-order chi connectivity index (χ1) is 12.4. The second-order valence-electron chi connectivity index (χ2n) is 6.53. The number of ether oxygens (including phenoxy) is 1. The van der Waals surface area contributed by atoms with Crippen LogP contribution in [0.25, 0.3) is 0 Å². The van der Waals surface area contributed by atoms with Crippen LogP contribution in [-0.4, -0.2) is 46.7 Å². The van der Waals surface area contributed by atoms with Crippen molar-refractivity contribution in [3.05, 3.63) is 33.3 Å². The molecule has 1 aliphatic heterocycles. The summed E-state index contributed by atoms with van der Waals surface area (Å²) in [6, 6.07) is 5.68. The van der Waals surface area contributed by atoms with Crippen LogP contribution in [0.5, 0.6) is 0 Å². The van der Waals surface area contributed by atoms with Crippen LogP contribution in [0.4, 0.5) is 10.8 Å². The molecule has 0 saturated carbocycles. The normalized spacial score (nSPS) is 22.4. The molecule has 1 unspecified atom stereocenters. The van der Waals surface area contributed by atoms with Crippen LogP contribution in [0.3, 0.4) is 0 Å². The molecule has 3 atom stereocenters. The maximum atomic E-state index is 11.9. The lowest BCUT2D eigenvalue weighted by atomic mass is 10.1. The van der Waals surface area contributed by atoms with Crippen molar-refractivity contribution in [2.45, 2.75) is 39.1 Å². The van der Waals surface area contributed by atoms with Crippen molar-refractivity contribution in [3.8, 4) is 0 Å². The molecule has 2 aromatic rings. The van der Waals surface area contributed by atoms with Crippen LogP contribution < -0.4 is 10.2 Å². The zero-order valence-electron chi connectivity index (χ0n) is 15.0. The van der Waals surface area contributed by atoms with Crippen molar-refractivity contribution in [1.29, 1.82) is 0 Å². The number of hydrogen-bond donors (Lipinski definition) is 3. The highest BCUT2D eigenvalue weighted by Gasteiger charge is 2.41. The third kappa shape index (κ3) is 3.96. The summed E-state index contributed by atoms with van der Waals surface area (Å²) in [6.07, 6.45) is -0.123. The number of aliphatic hydroxyl groups excluding tert-OH is 1. The number of benzene rings is 1. The average Bonchev–Trinajstić information content (AvgIpc) is 3.14. The summed E-state index contributed by atoms with van der Waals surface area (Å²) in [5.74, 6) is -0.313. The van der Waals surface area contributed by atoms with Crippen LogP contribution in [0, 0.1) is 17.8 Å². The van der Waals surface area contributed by atoms with Crippen molar-refractivity contribution >= 4 is 40.3 Å². The number of aryl methyl sites for hydroxylation is 1. The number of likely N-dealkylation sites (tertiary alicyclic amines) is 1. The molecule has 0 amide bonds. The lowest BCUT2D eigenvalue weighted by Gasteiger charge is -2.18. The number of quaternary nitrogens is 1. The number of aromatic nitrogens is 2. The zero-order valence-corrected chi connectivity index (χ0v) is 16.6. The Hall–Kier alpha value is -1.81. The second kappa shape index (κ2) is 7.83. The van der Waals surface area contributed by atoms with E-state index in [2.05, 4.69) is 30.3 Å². The van der Waals surface area contributed by atoms with E-state index in [1.54, 1.807) is 4.68 Å². The molecule has 0 aliphatic carbocycles. The molecule has 9 heteroatoms. The van der Waals surface area contributed by atoms with E-state index in [1.165, 1.54) is 29.6 Å². The minimum absolute atomic E-state index is 0.313. The van der Waals surface area contributed by atoms with E-state index in [0.717, 1.165) is 10.6 Å². The Morgan fingerprint density at radius 1 is 1.54 bits per heavy atom. The van der Waals surface area contributed by atoms with Gasteiger partial charge in [0.2, 0.25) is 5.13 Å². The van der Waals surface area contributed by atoms with Crippen LogP contribution in [0.15, 0.2) is 18.2 Å². The molecular formula is C17H23N4O3S2+. The van der Waals surface area contributed by atoms with Gasteiger partial charge in [-0.1, -0.05) is 23.5 Å². The molecule has 0 bridgehead atoms. The number of carbonyl (C=O) groups is 1. The van der Waals surface area contributed by atoms with Crippen molar-refractivity contribution < 1.29 is 19.5 Å². The second-order valence-corrected chi connectivity index (χ2v) is 8.15. The number of rotatable bonds is 5. The summed E-state index contributed by atoms with van der Waals surface area (Å²) in [5.41, 5.74) is 3.37. The lowest BCUT2D eigenvalue weighted by Crippen LogP contribution is -3.14. The minimum atomic E-state index is -0.519. The first kappa shape index (κ1) is 19.0. The van der Waals surface area contributed by atoms with Gasteiger partial charge in [-0.05, 0) is 43.3 Å². The van der Waals surface area contributed by atoms with Gasteiger partial charge in [-0.25, -0.2) is 4.79 Å². The Morgan fingerprint density at radius 3 is 3.04 bits per heavy atom. The van der Waals surface area contributed by atoms with Crippen molar-refractivity contribution in [2.75, 3.05) is 19.0 Å². The van der Waals surface area contributed by atoms with Gasteiger partial charge in [0.1, 0.15) is 12.6 Å². The number of anilines is 2. The smallest absolute Gasteiger partial charge is 0.364 e. The van der Waals surface area contributed by atoms with E-state index < -0.39 is 12.1 Å². The molecule has 3 rings (SSSR count). The number of aliphatic hydroxyl groups is 1. The number of methoxy groups -OCH3 is 1. The minimum Gasteiger partial charge on any atom is -0.465 e. The number of carbonyl (C=O) groups excluding carboxylic acids is 1. The molecule has 1 fully saturated rings. The first-order valence-corrected chi connectivity index (χ1v) is 9.63. The molecular weight excluding hydrogens is 372 g/mol. The van der Waals surface area contributed by atoms with Crippen molar-refractivity contribution in [3.63, 3.8) is 0 Å². The highest BCUT2D eigenvalue weighted by molar-refractivity contribution is 7.73. The molecule has 3 N–H and O–H groups in total. The van der Waals surface area contributed by atoms with Gasteiger partial charge in [-0.3, -0.25) is 0 Å². The van der Waals surface area contributed by atoms with Crippen molar-refractivity contribution in [2.24, 2.45) is 0 Å².